The summed E-state index contributed by atoms with van der Waals surface area (Å²) in [5, 5.41) is 2.86. The second kappa shape index (κ2) is 6.31. The lowest BCUT2D eigenvalue weighted by Gasteiger charge is -2.07. The van der Waals surface area contributed by atoms with Gasteiger partial charge in [-0.25, -0.2) is 4.98 Å². The van der Waals surface area contributed by atoms with E-state index in [0.717, 1.165) is 5.56 Å². The van der Waals surface area contributed by atoms with Gasteiger partial charge in [0.2, 0.25) is 5.91 Å². The largest absolute Gasteiger partial charge is 0.310 e. The fourth-order valence-corrected chi connectivity index (χ4v) is 3.33. The highest BCUT2D eigenvalue weighted by Crippen LogP contribution is 2.27. The van der Waals surface area contributed by atoms with Crippen molar-refractivity contribution in [1.29, 1.82) is 0 Å². The van der Waals surface area contributed by atoms with Crippen molar-refractivity contribution in [3.63, 3.8) is 0 Å². The summed E-state index contributed by atoms with van der Waals surface area (Å²) in [6.45, 7) is 1.94. The van der Waals surface area contributed by atoms with Gasteiger partial charge in [-0.3, -0.25) is 4.79 Å². The van der Waals surface area contributed by atoms with Crippen LogP contribution in [-0.4, -0.2) is 16.6 Å². The first-order valence-corrected chi connectivity index (χ1v) is 8.17. The van der Waals surface area contributed by atoms with Gasteiger partial charge in [-0.2, -0.15) is 0 Å². The molecular weight excluding hydrogens is 280 g/mol. The van der Waals surface area contributed by atoms with Gasteiger partial charge in [-0.05, 0) is 61.1 Å². The summed E-state index contributed by atoms with van der Waals surface area (Å²) in [6.07, 6.45) is 5.31. The zero-order chi connectivity index (χ0) is 14.7. The molecule has 0 radical (unpaired) electrons. The number of nitrogens with one attached hydrogen (secondary N) is 1. The molecule has 1 amide bonds. The highest BCUT2D eigenvalue weighted by Gasteiger charge is 2.12. The van der Waals surface area contributed by atoms with Gasteiger partial charge in [0.25, 0.3) is 0 Å². The maximum absolute atomic E-state index is 12.0. The van der Waals surface area contributed by atoms with Crippen LogP contribution in [0.1, 0.15) is 23.1 Å². The molecule has 1 aliphatic carbocycles. The van der Waals surface area contributed by atoms with Crippen LogP contribution in [0.15, 0.2) is 41.4 Å². The van der Waals surface area contributed by atoms with E-state index in [1.807, 2.05) is 19.1 Å². The molecule has 0 spiro atoms. The molecule has 2 aromatic rings. The molecule has 108 valence electrons. The molecule has 1 N–H and O–H groups in total. The van der Waals surface area contributed by atoms with Crippen molar-refractivity contribution in [3.8, 4) is 0 Å². The van der Waals surface area contributed by atoms with E-state index < -0.39 is 0 Å². The first kappa shape index (κ1) is 14.1. The minimum Gasteiger partial charge on any atom is -0.310 e. The van der Waals surface area contributed by atoms with Crippen molar-refractivity contribution in [1.82, 2.24) is 4.98 Å². The van der Waals surface area contributed by atoms with Crippen molar-refractivity contribution in [3.05, 3.63) is 53.2 Å². The normalized spacial score (nSPS) is 13.0. The third-order valence-electron chi connectivity index (χ3n) is 3.71. The second-order valence-corrected chi connectivity index (χ2v) is 6.34. The molecule has 1 heterocycles. The first-order chi connectivity index (χ1) is 10.2. The van der Waals surface area contributed by atoms with Crippen LogP contribution in [0.25, 0.3) is 0 Å². The molecule has 0 fully saturated rings. The number of aryl methyl sites for hydroxylation is 3. The molecule has 0 saturated heterocycles. The van der Waals surface area contributed by atoms with Crippen LogP contribution in [0, 0.1) is 6.92 Å². The topological polar surface area (TPSA) is 42.0 Å². The summed E-state index contributed by atoms with van der Waals surface area (Å²) in [4.78, 5) is 17.3. The van der Waals surface area contributed by atoms with Gasteiger partial charge in [0, 0.05) is 11.1 Å². The molecule has 3 nitrogen and oxygen atoms in total. The standard InChI is InChI=1S/C17H18N2OS/c1-12-4-3-9-18-17(12)19-16(20)11-21-15-8-7-13-5-2-6-14(13)10-15/h3-4,7-10H,2,5-6,11H2,1H3,(H,18,19,20). The number of hydrogen-bond donors (Lipinski definition) is 1. The number of rotatable bonds is 4. The molecule has 1 aromatic carbocycles. The Hall–Kier alpha value is -1.81. The number of carbonyl (C=O) groups excluding carboxylic acids is 1. The number of aromatic nitrogens is 1. The number of hydrogen-bond acceptors (Lipinski definition) is 3. The van der Waals surface area contributed by atoms with E-state index in [0.29, 0.717) is 11.6 Å². The second-order valence-electron chi connectivity index (χ2n) is 5.29. The Bertz CT molecular complexity index is 670. The van der Waals surface area contributed by atoms with Gasteiger partial charge >= 0.3 is 0 Å². The predicted molar refractivity (Wildman–Crippen MR) is 86.8 cm³/mol. The van der Waals surface area contributed by atoms with Gasteiger partial charge in [0.15, 0.2) is 0 Å². The summed E-state index contributed by atoms with van der Waals surface area (Å²) in [5.74, 6) is 1.05. The van der Waals surface area contributed by atoms with Crippen LogP contribution in [0.5, 0.6) is 0 Å². The highest BCUT2D eigenvalue weighted by molar-refractivity contribution is 8.00. The van der Waals surface area contributed by atoms with Crippen LogP contribution in [-0.2, 0) is 17.6 Å². The van der Waals surface area contributed by atoms with Gasteiger partial charge in [-0.1, -0.05) is 12.1 Å². The van der Waals surface area contributed by atoms with Crippen LogP contribution < -0.4 is 5.32 Å². The Kier molecular flexibility index (Phi) is 4.25. The third-order valence-corrected chi connectivity index (χ3v) is 4.70. The summed E-state index contributed by atoms with van der Waals surface area (Å²) < 4.78 is 0. The van der Waals surface area contributed by atoms with Crippen LogP contribution >= 0.6 is 11.8 Å². The minimum atomic E-state index is -0.0118. The fourth-order valence-electron chi connectivity index (χ4n) is 2.57. The Balaban J connectivity index is 1.58. The van der Waals surface area contributed by atoms with Crippen molar-refractivity contribution < 1.29 is 4.79 Å². The van der Waals surface area contributed by atoms with Crippen molar-refractivity contribution >= 4 is 23.5 Å². The molecule has 0 aliphatic heterocycles. The summed E-state index contributed by atoms with van der Waals surface area (Å²) >= 11 is 1.58. The van der Waals surface area contributed by atoms with Crippen LogP contribution in [0.4, 0.5) is 5.82 Å². The highest BCUT2D eigenvalue weighted by atomic mass is 32.2. The Labute approximate surface area is 129 Å². The quantitative estimate of drug-likeness (QED) is 0.877. The van der Waals surface area contributed by atoms with E-state index in [9.17, 15) is 4.79 Å². The predicted octanol–water partition coefficient (Wildman–Crippen LogP) is 3.61. The lowest BCUT2D eigenvalue weighted by atomic mass is 10.1. The van der Waals surface area contributed by atoms with Crippen LogP contribution in [0.2, 0.25) is 0 Å². The fraction of sp³-hybridized carbons (Fsp3) is 0.294. The lowest BCUT2D eigenvalue weighted by Crippen LogP contribution is -2.15. The molecule has 0 atom stereocenters. The Morgan fingerprint density at radius 3 is 3.00 bits per heavy atom. The maximum Gasteiger partial charge on any atom is 0.235 e. The lowest BCUT2D eigenvalue weighted by molar-refractivity contribution is -0.113. The maximum atomic E-state index is 12.0. The number of fused-ring (bicyclic) bond motifs is 1. The smallest absolute Gasteiger partial charge is 0.235 e. The van der Waals surface area contributed by atoms with E-state index in [1.165, 1.54) is 35.3 Å². The number of carbonyl (C=O) groups is 1. The van der Waals surface area contributed by atoms with Crippen LogP contribution in [0.3, 0.4) is 0 Å². The third kappa shape index (κ3) is 3.45. The molecule has 0 unspecified atom stereocenters. The van der Waals surface area contributed by atoms with E-state index in [4.69, 9.17) is 0 Å². The van der Waals surface area contributed by atoms with Gasteiger partial charge in [0.05, 0.1) is 5.75 Å². The number of anilines is 1. The van der Waals surface area contributed by atoms with Gasteiger partial charge in [-0.15, -0.1) is 11.8 Å². The minimum absolute atomic E-state index is 0.0118. The molecule has 0 saturated carbocycles. The average molecular weight is 298 g/mol. The molecule has 1 aliphatic rings. The molecule has 0 bridgehead atoms. The molecule has 4 heteroatoms. The number of amides is 1. The molecule has 3 rings (SSSR count). The van der Waals surface area contributed by atoms with Crippen molar-refractivity contribution in [2.45, 2.75) is 31.1 Å². The van der Waals surface area contributed by atoms with Crippen molar-refractivity contribution in [2.75, 3.05) is 11.1 Å². The number of thioether (sulfide) groups is 1. The molecule has 21 heavy (non-hydrogen) atoms. The summed E-state index contributed by atoms with van der Waals surface area (Å²) in [6, 6.07) is 10.4. The summed E-state index contributed by atoms with van der Waals surface area (Å²) in [5.41, 5.74) is 3.89. The van der Waals surface area contributed by atoms with Gasteiger partial charge in [0.1, 0.15) is 5.82 Å². The first-order valence-electron chi connectivity index (χ1n) is 7.18. The number of nitrogens with zero attached hydrogens (tertiary/aromatic N) is 1. The summed E-state index contributed by atoms with van der Waals surface area (Å²) in [7, 11) is 0. The molecule has 1 aromatic heterocycles. The average Bonchev–Trinajstić information content (AvgIpc) is 2.95. The zero-order valence-electron chi connectivity index (χ0n) is 12.1. The van der Waals surface area contributed by atoms with E-state index in [1.54, 1.807) is 18.0 Å². The zero-order valence-corrected chi connectivity index (χ0v) is 12.9. The van der Waals surface area contributed by atoms with E-state index >= 15 is 0 Å². The molecular formula is C17H18N2OS. The van der Waals surface area contributed by atoms with Gasteiger partial charge < -0.3 is 5.32 Å². The van der Waals surface area contributed by atoms with Crippen molar-refractivity contribution in [2.24, 2.45) is 0 Å². The Morgan fingerprint density at radius 2 is 2.14 bits per heavy atom. The van der Waals surface area contributed by atoms with E-state index in [2.05, 4.69) is 28.5 Å². The SMILES string of the molecule is Cc1cccnc1NC(=O)CSc1ccc2c(c1)CCC2. The Morgan fingerprint density at radius 1 is 1.29 bits per heavy atom. The monoisotopic (exact) mass is 298 g/mol. The van der Waals surface area contributed by atoms with E-state index in [-0.39, 0.29) is 5.91 Å². The number of benzene rings is 1. The number of pyridine rings is 1.